The number of benzene rings is 2. The highest BCUT2D eigenvalue weighted by Gasteiger charge is 2.32. The average Bonchev–Trinajstić information content (AvgIpc) is 2.99. The third-order valence-corrected chi connectivity index (χ3v) is 6.16. The van der Waals surface area contributed by atoms with Gasteiger partial charge in [-0.3, -0.25) is 9.59 Å². The zero-order valence-electron chi connectivity index (χ0n) is 16.9. The van der Waals surface area contributed by atoms with Crippen LogP contribution in [-0.4, -0.2) is 29.6 Å². The van der Waals surface area contributed by atoms with Crippen LogP contribution in [0.15, 0.2) is 47.3 Å². The predicted octanol–water partition coefficient (Wildman–Crippen LogP) is 4.97. The van der Waals surface area contributed by atoms with Crippen LogP contribution in [0.3, 0.4) is 0 Å². The first-order valence-electron chi connectivity index (χ1n) is 10.3. The van der Waals surface area contributed by atoms with Gasteiger partial charge in [0.25, 0.3) is 11.5 Å². The van der Waals surface area contributed by atoms with Gasteiger partial charge in [0.1, 0.15) is 5.82 Å². The summed E-state index contributed by atoms with van der Waals surface area (Å²) in [6.45, 7) is 2.11. The second kappa shape index (κ2) is 7.46. The maximum Gasteiger partial charge on any atom is 0.270 e. The number of carbonyl (C=O) groups is 1. The number of hydrogen-bond donors (Lipinski definition) is 0. The Kier molecular flexibility index (Phi) is 4.87. The van der Waals surface area contributed by atoms with E-state index in [1.807, 2.05) is 41.0 Å². The van der Waals surface area contributed by atoms with Crippen molar-refractivity contribution in [3.63, 3.8) is 0 Å². The third kappa shape index (κ3) is 3.34. The summed E-state index contributed by atoms with van der Waals surface area (Å²) in [5.74, 6) is 0.644. The van der Waals surface area contributed by atoms with Gasteiger partial charge >= 0.3 is 0 Å². The minimum atomic E-state index is -1.76. The second-order valence-electron chi connectivity index (χ2n) is 8.01. The van der Waals surface area contributed by atoms with E-state index in [2.05, 4.69) is 10.2 Å². The average molecular weight is 455 g/mol. The van der Waals surface area contributed by atoms with Gasteiger partial charge in [-0.1, -0.05) is 60.0 Å². The quantitative estimate of drug-likeness (QED) is 0.316. The van der Waals surface area contributed by atoms with Crippen molar-refractivity contribution in [1.29, 1.82) is 0 Å². The molecular formula is C23H20Cl2N4O2. The van der Waals surface area contributed by atoms with Gasteiger partial charge in [-0.25, -0.2) is 4.57 Å². The monoisotopic (exact) mass is 454 g/mol. The topological polar surface area (TPSA) is 69.8 Å². The summed E-state index contributed by atoms with van der Waals surface area (Å²) in [6.07, 6.45) is 3.95. The Bertz CT molecular complexity index is 1400. The van der Waals surface area contributed by atoms with Gasteiger partial charge < -0.3 is 4.57 Å². The molecule has 0 spiro atoms. The van der Waals surface area contributed by atoms with Crippen LogP contribution in [0, 0.1) is 0 Å². The number of aryl methyl sites for hydroxylation is 1. The minimum absolute atomic E-state index is 0.315. The summed E-state index contributed by atoms with van der Waals surface area (Å²) < 4.78 is 1.31. The molecule has 0 saturated heterocycles. The van der Waals surface area contributed by atoms with E-state index in [1.165, 1.54) is 6.92 Å². The van der Waals surface area contributed by atoms with Crippen LogP contribution in [0.4, 0.5) is 0 Å². The number of hydrogen-bond acceptors (Lipinski definition) is 4. The Hall–Kier alpha value is -2.70. The molecule has 2 aromatic heterocycles. The first-order valence-corrected chi connectivity index (χ1v) is 11.0. The molecule has 1 aliphatic heterocycles. The molecule has 158 valence electrons. The number of fused-ring (bicyclic) bond motifs is 4. The molecule has 0 unspecified atom stereocenters. The molecule has 0 N–H and O–H groups in total. The highest BCUT2D eigenvalue weighted by Crippen LogP contribution is 2.31. The van der Waals surface area contributed by atoms with Crippen LogP contribution in [0.25, 0.3) is 33.1 Å². The summed E-state index contributed by atoms with van der Waals surface area (Å²) >= 11 is 12.3. The summed E-state index contributed by atoms with van der Waals surface area (Å²) in [4.78, 5) is 26.8. The number of nitrogens with zero attached hydrogens (tertiary/aromatic N) is 4. The Morgan fingerprint density at radius 1 is 1.03 bits per heavy atom. The summed E-state index contributed by atoms with van der Waals surface area (Å²) in [7, 11) is 0. The summed E-state index contributed by atoms with van der Waals surface area (Å²) in [5.41, 5.74) is 0.274. The van der Waals surface area contributed by atoms with E-state index in [0.29, 0.717) is 16.9 Å². The van der Waals surface area contributed by atoms with Crippen LogP contribution in [-0.2, 0) is 13.0 Å². The van der Waals surface area contributed by atoms with Gasteiger partial charge in [-0.2, -0.15) is 0 Å². The van der Waals surface area contributed by atoms with Gasteiger partial charge in [0.15, 0.2) is 10.2 Å². The van der Waals surface area contributed by atoms with E-state index >= 15 is 0 Å². The van der Waals surface area contributed by atoms with E-state index < -0.39 is 15.8 Å². The number of pyridine rings is 1. The first kappa shape index (κ1) is 20.2. The molecule has 5 rings (SSSR count). The van der Waals surface area contributed by atoms with Crippen LogP contribution in [0.5, 0.6) is 0 Å². The molecule has 2 aromatic carbocycles. The highest BCUT2D eigenvalue weighted by molar-refractivity contribution is 6.58. The molecule has 0 bridgehead atoms. The molecule has 3 heterocycles. The molecule has 0 atom stereocenters. The van der Waals surface area contributed by atoms with Crippen molar-refractivity contribution in [3.05, 3.63) is 58.6 Å². The van der Waals surface area contributed by atoms with Gasteiger partial charge in [-0.05, 0) is 42.7 Å². The molecule has 0 fully saturated rings. The Morgan fingerprint density at radius 3 is 2.65 bits per heavy atom. The van der Waals surface area contributed by atoms with Gasteiger partial charge in [0.2, 0.25) is 0 Å². The van der Waals surface area contributed by atoms with Crippen LogP contribution >= 0.6 is 23.2 Å². The molecule has 8 heteroatoms. The lowest BCUT2D eigenvalue weighted by Gasteiger charge is -2.18. The van der Waals surface area contributed by atoms with Crippen molar-refractivity contribution >= 4 is 50.8 Å². The van der Waals surface area contributed by atoms with Crippen molar-refractivity contribution in [2.24, 2.45) is 0 Å². The number of carbonyl (C=O) groups excluding carboxylic acids is 1. The second-order valence-corrected chi connectivity index (χ2v) is 9.72. The predicted molar refractivity (Wildman–Crippen MR) is 123 cm³/mol. The van der Waals surface area contributed by atoms with E-state index in [4.69, 9.17) is 23.2 Å². The van der Waals surface area contributed by atoms with Crippen LogP contribution < -0.4 is 5.56 Å². The summed E-state index contributed by atoms with van der Waals surface area (Å²) in [6, 6.07) is 13.3. The zero-order chi connectivity index (χ0) is 21.8. The Balaban J connectivity index is 1.89. The van der Waals surface area contributed by atoms with Crippen molar-refractivity contribution in [3.8, 4) is 11.4 Å². The fraction of sp³-hybridized carbons (Fsp3) is 0.304. The SMILES string of the molecule is CC(Cl)(Cl)C(=O)n1c(=O)c(-c2nnc3n2CCCCC3)cc2c3ccccc3ccc21. The molecule has 0 aliphatic carbocycles. The maximum atomic E-state index is 13.6. The molecular weight excluding hydrogens is 435 g/mol. The minimum Gasteiger partial charge on any atom is -0.311 e. The largest absolute Gasteiger partial charge is 0.311 e. The normalized spacial score (nSPS) is 14.5. The fourth-order valence-electron chi connectivity index (χ4n) is 4.31. The maximum absolute atomic E-state index is 13.6. The Morgan fingerprint density at radius 2 is 1.84 bits per heavy atom. The van der Waals surface area contributed by atoms with E-state index in [9.17, 15) is 9.59 Å². The lowest BCUT2D eigenvalue weighted by molar-refractivity contribution is 0.0899. The highest BCUT2D eigenvalue weighted by atomic mass is 35.5. The Labute approximate surface area is 188 Å². The van der Waals surface area contributed by atoms with Gasteiger partial charge in [-0.15, -0.1) is 10.2 Å². The standard InChI is InChI=1S/C23H20Cl2N4O2/c1-23(24,25)22(31)29-18-11-10-14-7-4-5-8-15(14)16(18)13-17(21(29)30)20-27-26-19-9-3-2-6-12-28(19)20/h4-5,7-8,10-11,13H,2-3,6,9,12H2,1H3. The molecule has 31 heavy (non-hydrogen) atoms. The fourth-order valence-corrected chi connectivity index (χ4v) is 4.48. The van der Waals surface area contributed by atoms with Crippen molar-refractivity contribution < 1.29 is 4.79 Å². The first-order chi connectivity index (χ1) is 14.9. The number of rotatable bonds is 2. The van der Waals surface area contributed by atoms with E-state index in [-0.39, 0.29) is 0 Å². The zero-order valence-corrected chi connectivity index (χ0v) is 18.5. The molecule has 1 aliphatic rings. The van der Waals surface area contributed by atoms with Crippen molar-refractivity contribution in [1.82, 2.24) is 19.3 Å². The smallest absolute Gasteiger partial charge is 0.270 e. The third-order valence-electron chi connectivity index (χ3n) is 5.84. The van der Waals surface area contributed by atoms with Crippen LogP contribution in [0.1, 0.15) is 36.8 Å². The molecule has 4 aromatic rings. The number of halogens is 2. The molecule has 0 amide bonds. The van der Waals surface area contributed by atoms with Crippen molar-refractivity contribution in [2.45, 2.75) is 43.5 Å². The van der Waals surface area contributed by atoms with Gasteiger partial charge in [0, 0.05) is 18.4 Å². The van der Waals surface area contributed by atoms with Gasteiger partial charge in [0.05, 0.1) is 11.1 Å². The molecule has 6 nitrogen and oxygen atoms in total. The number of alkyl halides is 2. The molecule has 0 radical (unpaired) electrons. The van der Waals surface area contributed by atoms with Crippen LogP contribution in [0.2, 0.25) is 0 Å². The summed E-state index contributed by atoms with van der Waals surface area (Å²) in [5, 5.41) is 11.3. The van der Waals surface area contributed by atoms with E-state index in [1.54, 1.807) is 6.07 Å². The molecule has 0 saturated carbocycles. The van der Waals surface area contributed by atoms with Crippen molar-refractivity contribution in [2.75, 3.05) is 0 Å². The lowest BCUT2D eigenvalue weighted by Crippen LogP contribution is -2.37. The van der Waals surface area contributed by atoms with E-state index in [0.717, 1.165) is 58.8 Å². The lowest BCUT2D eigenvalue weighted by atomic mass is 10.0. The number of aromatic nitrogens is 4.